The van der Waals surface area contributed by atoms with Crippen LogP contribution in [0.25, 0.3) is 0 Å². The molecule has 21 heavy (non-hydrogen) atoms. The SMILES string of the molecule is COc1cccc([C@@H](CNC(=O)Nc2cccs2)OC)c1. The van der Waals surface area contributed by atoms with Gasteiger partial charge in [-0.1, -0.05) is 12.1 Å². The highest BCUT2D eigenvalue weighted by Gasteiger charge is 2.13. The van der Waals surface area contributed by atoms with Crippen LogP contribution in [0.1, 0.15) is 11.7 Å². The minimum Gasteiger partial charge on any atom is -0.497 e. The molecule has 1 heterocycles. The molecule has 0 aliphatic rings. The van der Waals surface area contributed by atoms with E-state index in [-0.39, 0.29) is 12.1 Å². The second-order valence-corrected chi connectivity index (χ2v) is 5.26. The Labute approximate surface area is 127 Å². The van der Waals surface area contributed by atoms with Crippen LogP contribution in [0.3, 0.4) is 0 Å². The monoisotopic (exact) mass is 306 g/mol. The number of methoxy groups -OCH3 is 2. The molecule has 0 bridgehead atoms. The number of carbonyl (C=O) groups excluding carboxylic acids is 1. The maximum absolute atomic E-state index is 11.8. The molecule has 0 saturated heterocycles. The molecule has 2 amide bonds. The summed E-state index contributed by atoms with van der Waals surface area (Å²) in [5.41, 5.74) is 0.952. The van der Waals surface area contributed by atoms with Gasteiger partial charge in [-0.05, 0) is 35.2 Å². The van der Waals surface area contributed by atoms with Gasteiger partial charge < -0.3 is 14.8 Å². The van der Waals surface area contributed by atoms with Crippen molar-refractivity contribution in [3.05, 3.63) is 47.3 Å². The van der Waals surface area contributed by atoms with Gasteiger partial charge in [0.1, 0.15) is 5.75 Å². The van der Waals surface area contributed by atoms with Gasteiger partial charge in [-0.2, -0.15) is 0 Å². The fraction of sp³-hybridized carbons (Fsp3) is 0.267. The summed E-state index contributed by atoms with van der Waals surface area (Å²) in [6.45, 7) is 0.376. The Bertz CT molecular complexity index is 572. The number of amides is 2. The topological polar surface area (TPSA) is 59.6 Å². The van der Waals surface area contributed by atoms with Crippen LogP contribution in [0.4, 0.5) is 9.80 Å². The summed E-state index contributed by atoms with van der Waals surface area (Å²) >= 11 is 1.47. The Hall–Kier alpha value is -2.05. The van der Waals surface area contributed by atoms with E-state index in [0.717, 1.165) is 16.3 Å². The molecule has 0 unspecified atom stereocenters. The summed E-state index contributed by atoms with van der Waals surface area (Å²) in [6.07, 6.45) is -0.228. The van der Waals surface area contributed by atoms with Crippen LogP contribution >= 0.6 is 11.3 Å². The molecule has 1 atom stereocenters. The lowest BCUT2D eigenvalue weighted by Crippen LogP contribution is -2.32. The van der Waals surface area contributed by atoms with Crippen molar-refractivity contribution >= 4 is 22.4 Å². The molecule has 2 rings (SSSR count). The Morgan fingerprint density at radius 2 is 2.14 bits per heavy atom. The number of anilines is 1. The number of benzene rings is 1. The van der Waals surface area contributed by atoms with Gasteiger partial charge in [0.2, 0.25) is 0 Å². The fourth-order valence-corrected chi connectivity index (χ4v) is 2.48. The first kappa shape index (κ1) is 15.3. The van der Waals surface area contributed by atoms with Gasteiger partial charge >= 0.3 is 6.03 Å². The predicted molar refractivity (Wildman–Crippen MR) is 84.1 cm³/mol. The summed E-state index contributed by atoms with van der Waals surface area (Å²) < 4.78 is 10.6. The lowest BCUT2D eigenvalue weighted by molar-refractivity contribution is 0.104. The molecule has 0 aliphatic carbocycles. The van der Waals surface area contributed by atoms with Gasteiger partial charge in [-0.15, -0.1) is 11.3 Å². The average molecular weight is 306 g/mol. The molecule has 112 valence electrons. The number of ether oxygens (including phenoxy) is 2. The Morgan fingerprint density at radius 3 is 2.81 bits per heavy atom. The second-order valence-electron chi connectivity index (χ2n) is 4.31. The number of rotatable bonds is 6. The molecule has 0 spiro atoms. The van der Waals surface area contributed by atoms with Crippen molar-refractivity contribution in [1.29, 1.82) is 0 Å². The highest BCUT2D eigenvalue weighted by molar-refractivity contribution is 7.14. The van der Waals surface area contributed by atoms with E-state index < -0.39 is 0 Å². The minimum atomic E-state index is -0.248. The predicted octanol–water partition coefficient (Wildman–Crippen LogP) is 3.27. The van der Waals surface area contributed by atoms with Crippen LogP contribution in [0, 0.1) is 0 Å². The molecule has 1 aromatic carbocycles. The number of thiophene rings is 1. The fourth-order valence-electron chi connectivity index (χ4n) is 1.87. The first-order valence-electron chi connectivity index (χ1n) is 6.48. The van der Waals surface area contributed by atoms with Gasteiger partial charge in [0.25, 0.3) is 0 Å². The highest BCUT2D eigenvalue weighted by atomic mass is 32.1. The molecule has 0 radical (unpaired) electrons. The van der Waals surface area contributed by atoms with Crippen molar-refractivity contribution < 1.29 is 14.3 Å². The van der Waals surface area contributed by atoms with E-state index in [4.69, 9.17) is 9.47 Å². The van der Waals surface area contributed by atoms with Gasteiger partial charge in [0.05, 0.1) is 18.2 Å². The zero-order chi connectivity index (χ0) is 15.1. The molecule has 0 fully saturated rings. The van der Waals surface area contributed by atoms with Crippen LogP contribution < -0.4 is 15.4 Å². The van der Waals surface area contributed by atoms with E-state index >= 15 is 0 Å². The molecular weight excluding hydrogens is 288 g/mol. The standard InChI is InChI=1S/C15H18N2O3S/c1-19-12-6-3-5-11(9-12)13(20-2)10-16-15(18)17-14-7-4-8-21-14/h3-9,13H,10H2,1-2H3,(H2,16,17,18)/t13-/m1/s1. The van der Waals surface area contributed by atoms with E-state index in [1.165, 1.54) is 11.3 Å². The second kappa shape index (κ2) is 7.66. The molecule has 5 nitrogen and oxygen atoms in total. The Balaban J connectivity index is 1.91. The zero-order valence-corrected chi connectivity index (χ0v) is 12.8. The van der Waals surface area contributed by atoms with E-state index in [9.17, 15) is 4.79 Å². The van der Waals surface area contributed by atoms with Crippen molar-refractivity contribution in [2.45, 2.75) is 6.10 Å². The lowest BCUT2D eigenvalue weighted by Gasteiger charge is -2.17. The van der Waals surface area contributed by atoms with E-state index in [1.54, 1.807) is 14.2 Å². The maximum Gasteiger partial charge on any atom is 0.319 e. The summed E-state index contributed by atoms with van der Waals surface area (Å²) in [5, 5.41) is 8.28. The van der Waals surface area contributed by atoms with E-state index in [0.29, 0.717) is 6.54 Å². The van der Waals surface area contributed by atoms with Gasteiger partial charge in [-0.3, -0.25) is 5.32 Å². The lowest BCUT2D eigenvalue weighted by atomic mass is 10.1. The average Bonchev–Trinajstić information content (AvgIpc) is 3.01. The number of carbonyl (C=O) groups is 1. The van der Waals surface area contributed by atoms with E-state index in [1.807, 2.05) is 41.8 Å². The number of urea groups is 1. The van der Waals surface area contributed by atoms with Gasteiger partial charge in [0.15, 0.2) is 0 Å². The van der Waals surface area contributed by atoms with Crippen LogP contribution in [0.15, 0.2) is 41.8 Å². The van der Waals surface area contributed by atoms with Crippen molar-refractivity contribution in [3.63, 3.8) is 0 Å². The first-order valence-corrected chi connectivity index (χ1v) is 7.36. The summed E-state index contributed by atoms with van der Waals surface area (Å²) in [4.78, 5) is 11.8. The number of nitrogens with one attached hydrogen (secondary N) is 2. The van der Waals surface area contributed by atoms with Crippen molar-refractivity contribution in [2.75, 3.05) is 26.1 Å². The quantitative estimate of drug-likeness (QED) is 0.861. The molecule has 1 aromatic heterocycles. The Kier molecular flexibility index (Phi) is 5.59. The maximum atomic E-state index is 11.8. The summed E-state index contributed by atoms with van der Waals surface area (Å²) in [7, 11) is 3.23. The van der Waals surface area contributed by atoms with E-state index in [2.05, 4.69) is 10.6 Å². The highest BCUT2D eigenvalue weighted by Crippen LogP contribution is 2.21. The first-order chi connectivity index (χ1) is 10.2. The molecular formula is C15H18N2O3S. The molecule has 6 heteroatoms. The van der Waals surface area contributed by atoms with Gasteiger partial charge in [0, 0.05) is 13.7 Å². The summed E-state index contributed by atoms with van der Waals surface area (Å²) in [5.74, 6) is 0.762. The van der Waals surface area contributed by atoms with Gasteiger partial charge in [-0.25, -0.2) is 4.79 Å². The molecule has 0 saturated carbocycles. The largest absolute Gasteiger partial charge is 0.497 e. The van der Waals surface area contributed by atoms with Crippen LogP contribution in [0.2, 0.25) is 0 Å². The van der Waals surface area contributed by atoms with Crippen molar-refractivity contribution in [2.24, 2.45) is 0 Å². The number of hydrogen-bond donors (Lipinski definition) is 2. The zero-order valence-electron chi connectivity index (χ0n) is 12.0. The minimum absolute atomic E-state index is 0.228. The molecule has 0 aliphatic heterocycles. The normalized spacial score (nSPS) is 11.7. The smallest absolute Gasteiger partial charge is 0.319 e. The van der Waals surface area contributed by atoms with Crippen LogP contribution in [0.5, 0.6) is 5.75 Å². The molecule has 2 aromatic rings. The third kappa shape index (κ3) is 4.47. The van der Waals surface area contributed by atoms with Crippen molar-refractivity contribution in [1.82, 2.24) is 5.32 Å². The number of hydrogen-bond acceptors (Lipinski definition) is 4. The van der Waals surface area contributed by atoms with Crippen molar-refractivity contribution in [3.8, 4) is 5.75 Å². The van der Waals surface area contributed by atoms with Crippen LogP contribution in [-0.2, 0) is 4.74 Å². The van der Waals surface area contributed by atoms with Crippen LogP contribution in [-0.4, -0.2) is 26.8 Å². The Morgan fingerprint density at radius 1 is 1.29 bits per heavy atom. The third-order valence-electron chi connectivity index (χ3n) is 2.96. The summed E-state index contributed by atoms with van der Waals surface area (Å²) in [6, 6.07) is 11.1. The molecule has 2 N–H and O–H groups in total. The third-order valence-corrected chi connectivity index (χ3v) is 3.74.